The Morgan fingerprint density at radius 2 is 1.85 bits per heavy atom. The molecule has 0 unspecified atom stereocenters. The summed E-state index contributed by atoms with van der Waals surface area (Å²) in [5.74, 6) is 2.08. The largest absolute Gasteiger partial charge is 0.508 e. The highest BCUT2D eigenvalue weighted by atomic mass is 16.3. The number of benzene rings is 2. The average molecular weight is 347 g/mol. The fourth-order valence-electron chi connectivity index (χ4n) is 3.60. The highest BCUT2D eigenvalue weighted by Gasteiger charge is 2.26. The lowest BCUT2D eigenvalue weighted by Crippen LogP contribution is -2.28. The molecule has 0 radical (unpaired) electrons. The van der Waals surface area contributed by atoms with Crippen molar-refractivity contribution in [3.63, 3.8) is 0 Å². The van der Waals surface area contributed by atoms with Gasteiger partial charge in [-0.25, -0.2) is 0 Å². The van der Waals surface area contributed by atoms with E-state index in [1.165, 1.54) is 12.8 Å². The number of nitrogens with zero attached hydrogens (tertiary/aromatic N) is 3. The van der Waals surface area contributed by atoms with Crippen LogP contribution < -0.4 is 4.90 Å². The molecule has 4 nitrogen and oxygen atoms in total. The van der Waals surface area contributed by atoms with Gasteiger partial charge in [-0.15, -0.1) is 10.2 Å². The van der Waals surface area contributed by atoms with Gasteiger partial charge in [0.1, 0.15) is 11.4 Å². The lowest BCUT2D eigenvalue weighted by atomic mass is 10.0. The summed E-state index contributed by atoms with van der Waals surface area (Å²) in [6.45, 7) is 6.29. The standard InChI is InChI=1S/C22H25N3O/c1-3-12-25(14-16-8-9-16)22-20-7-5-4-6-19(20)21(23-24-22)18-11-10-17(26)13-15(18)2/h4-7,10-11,13,16,26H,3,8-9,12,14H2,1-2H3. The van der Waals surface area contributed by atoms with E-state index in [1.807, 2.05) is 13.0 Å². The summed E-state index contributed by atoms with van der Waals surface area (Å²) >= 11 is 0. The van der Waals surface area contributed by atoms with Gasteiger partial charge in [-0.2, -0.15) is 0 Å². The van der Waals surface area contributed by atoms with Crippen molar-refractivity contribution in [2.45, 2.75) is 33.1 Å². The topological polar surface area (TPSA) is 49.2 Å². The fraction of sp³-hybridized carbons (Fsp3) is 0.364. The first-order valence-electron chi connectivity index (χ1n) is 9.47. The van der Waals surface area contributed by atoms with Gasteiger partial charge >= 0.3 is 0 Å². The number of hydrogen-bond acceptors (Lipinski definition) is 4. The molecule has 2 aromatic carbocycles. The van der Waals surface area contributed by atoms with E-state index in [2.05, 4.69) is 46.3 Å². The van der Waals surface area contributed by atoms with Crippen LogP contribution in [0.4, 0.5) is 5.82 Å². The summed E-state index contributed by atoms with van der Waals surface area (Å²) in [5, 5.41) is 21.3. The molecule has 0 spiro atoms. The van der Waals surface area contributed by atoms with Crippen LogP contribution in [-0.2, 0) is 0 Å². The van der Waals surface area contributed by atoms with E-state index in [-0.39, 0.29) is 5.75 Å². The zero-order valence-electron chi connectivity index (χ0n) is 15.4. The number of phenolic OH excluding ortho intramolecular Hbond substituents is 1. The number of hydrogen-bond donors (Lipinski definition) is 1. The summed E-state index contributed by atoms with van der Waals surface area (Å²) in [6.07, 6.45) is 3.76. The Labute approximate surface area is 154 Å². The van der Waals surface area contributed by atoms with Crippen LogP contribution in [0.5, 0.6) is 5.75 Å². The Kier molecular flexibility index (Phi) is 4.49. The number of aryl methyl sites for hydroxylation is 1. The molecule has 1 N–H and O–H groups in total. The molecule has 1 fully saturated rings. The van der Waals surface area contributed by atoms with Crippen molar-refractivity contribution in [3.8, 4) is 17.0 Å². The van der Waals surface area contributed by atoms with E-state index in [4.69, 9.17) is 0 Å². The number of aromatic hydroxyl groups is 1. The second kappa shape index (κ2) is 6.94. The smallest absolute Gasteiger partial charge is 0.159 e. The first-order chi connectivity index (χ1) is 12.7. The molecule has 1 aliphatic rings. The molecule has 1 saturated carbocycles. The molecular weight excluding hydrogens is 322 g/mol. The molecule has 1 heterocycles. The molecular formula is C22H25N3O. The third-order valence-electron chi connectivity index (χ3n) is 5.10. The summed E-state index contributed by atoms with van der Waals surface area (Å²) in [6, 6.07) is 13.8. The molecule has 0 atom stereocenters. The molecule has 0 aliphatic heterocycles. The first-order valence-corrected chi connectivity index (χ1v) is 9.47. The molecule has 4 heteroatoms. The van der Waals surface area contributed by atoms with E-state index in [0.717, 1.165) is 58.8 Å². The number of anilines is 1. The second-order valence-corrected chi connectivity index (χ2v) is 7.31. The minimum absolute atomic E-state index is 0.277. The van der Waals surface area contributed by atoms with Gasteiger partial charge < -0.3 is 10.0 Å². The lowest BCUT2D eigenvalue weighted by molar-refractivity contribution is 0.475. The van der Waals surface area contributed by atoms with Crippen molar-refractivity contribution in [3.05, 3.63) is 48.0 Å². The van der Waals surface area contributed by atoms with Gasteiger partial charge in [0, 0.05) is 29.4 Å². The molecule has 0 amide bonds. The van der Waals surface area contributed by atoms with Crippen LogP contribution >= 0.6 is 0 Å². The number of fused-ring (bicyclic) bond motifs is 1. The minimum atomic E-state index is 0.277. The maximum atomic E-state index is 9.72. The second-order valence-electron chi connectivity index (χ2n) is 7.31. The Balaban J connectivity index is 1.84. The fourth-order valence-corrected chi connectivity index (χ4v) is 3.60. The zero-order valence-corrected chi connectivity index (χ0v) is 15.4. The van der Waals surface area contributed by atoms with Gasteiger partial charge in [-0.05, 0) is 55.9 Å². The van der Waals surface area contributed by atoms with Crippen LogP contribution in [0.15, 0.2) is 42.5 Å². The van der Waals surface area contributed by atoms with Crippen LogP contribution in [-0.4, -0.2) is 28.4 Å². The maximum Gasteiger partial charge on any atom is 0.159 e. The van der Waals surface area contributed by atoms with Crippen LogP contribution in [0, 0.1) is 12.8 Å². The number of phenols is 1. The van der Waals surface area contributed by atoms with Crippen molar-refractivity contribution in [2.24, 2.45) is 5.92 Å². The van der Waals surface area contributed by atoms with E-state index < -0.39 is 0 Å². The normalized spacial score (nSPS) is 13.9. The maximum absolute atomic E-state index is 9.72. The van der Waals surface area contributed by atoms with Gasteiger partial charge in [0.25, 0.3) is 0 Å². The van der Waals surface area contributed by atoms with Crippen LogP contribution in [0.2, 0.25) is 0 Å². The monoisotopic (exact) mass is 347 g/mol. The lowest BCUT2D eigenvalue weighted by Gasteiger charge is -2.24. The van der Waals surface area contributed by atoms with Crippen LogP contribution in [0.3, 0.4) is 0 Å². The Bertz CT molecular complexity index is 934. The molecule has 0 bridgehead atoms. The summed E-state index contributed by atoms with van der Waals surface area (Å²) in [7, 11) is 0. The highest BCUT2D eigenvalue weighted by Crippen LogP contribution is 2.36. The van der Waals surface area contributed by atoms with Crippen molar-refractivity contribution >= 4 is 16.6 Å². The highest BCUT2D eigenvalue weighted by molar-refractivity contribution is 6.00. The summed E-state index contributed by atoms with van der Waals surface area (Å²) in [5.41, 5.74) is 2.90. The molecule has 134 valence electrons. The first kappa shape index (κ1) is 16.8. The predicted octanol–water partition coefficient (Wildman–Crippen LogP) is 4.94. The van der Waals surface area contributed by atoms with Gasteiger partial charge in [-0.3, -0.25) is 0 Å². The van der Waals surface area contributed by atoms with E-state index in [9.17, 15) is 5.11 Å². The van der Waals surface area contributed by atoms with Crippen molar-refractivity contribution in [2.75, 3.05) is 18.0 Å². The third-order valence-corrected chi connectivity index (χ3v) is 5.10. The molecule has 4 rings (SSSR count). The van der Waals surface area contributed by atoms with Crippen LogP contribution in [0.25, 0.3) is 22.0 Å². The summed E-state index contributed by atoms with van der Waals surface area (Å²) in [4.78, 5) is 2.40. The molecule has 1 aromatic heterocycles. The quantitative estimate of drug-likeness (QED) is 0.686. The Hall–Kier alpha value is -2.62. The van der Waals surface area contributed by atoms with Gasteiger partial charge in [0.2, 0.25) is 0 Å². The molecule has 26 heavy (non-hydrogen) atoms. The van der Waals surface area contributed by atoms with E-state index in [1.54, 1.807) is 12.1 Å². The van der Waals surface area contributed by atoms with Crippen LogP contribution in [0.1, 0.15) is 31.7 Å². The van der Waals surface area contributed by atoms with Gasteiger partial charge in [0.15, 0.2) is 5.82 Å². The predicted molar refractivity (Wildman–Crippen MR) is 107 cm³/mol. The van der Waals surface area contributed by atoms with Gasteiger partial charge in [-0.1, -0.05) is 31.2 Å². The third kappa shape index (κ3) is 3.24. The Morgan fingerprint density at radius 1 is 1.08 bits per heavy atom. The SMILES string of the molecule is CCCN(CC1CC1)c1nnc(-c2ccc(O)cc2C)c2ccccc12. The number of rotatable bonds is 6. The molecule has 1 aliphatic carbocycles. The van der Waals surface area contributed by atoms with E-state index >= 15 is 0 Å². The van der Waals surface area contributed by atoms with Crippen molar-refractivity contribution in [1.29, 1.82) is 0 Å². The zero-order chi connectivity index (χ0) is 18.1. The van der Waals surface area contributed by atoms with Gasteiger partial charge in [0.05, 0.1) is 0 Å². The average Bonchev–Trinajstić information content (AvgIpc) is 3.45. The molecule has 3 aromatic rings. The Morgan fingerprint density at radius 3 is 2.54 bits per heavy atom. The van der Waals surface area contributed by atoms with Crippen molar-refractivity contribution < 1.29 is 5.11 Å². The van der Waals surface area contributed by atoms with Crippen molar-refractivity contribution in [1.82, 2.24) is 10.2 Å². The number of aromatic nitrogens is 2. The van der Waals surface area contributed by atoms with E-state index in [0.29, 0.717) is 0 Å². The minimum Gasteiger partial charge on any atom is -0.508 e. The summed E-state index contributed by atoms with van der Waals surface area (Å²) < 4.78 is 0. The molecule has 0 saturated heterocycles.